The average molecular weight is 277 g/mol. The van der Waals surface area contributed by atoms with Crippen LogP contribution >= 0.6 is 0 Å². The molecule has 1 amide bonds. The van der Waals surface area contributed by atoms with E-state index in [9.17, 15) is 14.0 Å². The molecule has 1 aromatic rings. The fourth-order valence-electron chi connectivity index (χ4n) is 2.06. The summed E-state index contributed by atoms with van der Waals surface area (Å²) in [6.45, 7) is -0.107. The van der Waals surface area contributed by atoms with Gasteiger partial charge >= 0.3 is 5.97 Å². The molecular formula is C13H12FN3O3. The summed E-state index contributed by atoms with van der Waals surface area (Å²) in [7, 11) is 0. The number of halogens is 1. The van der Waals surface area contributed by atoms with Gasteiger partial charge in [0, 0.05) is 18.7 Å². The number of carbonyl (C=O) groups excluding carboxylic acids is 1. The Bertz CT molecular complexity index is 597. The van der Waals surface area contributed by atoms with Crippen molar-refractivity contribution in [1.82, 2.24) is 10.2 Å². The second-order valence-corrected chi connectivity index (χ2v) is 4.48. The van der Waals surface area contributed by atoms with Crippen molar-refractivity contribution < 1.29 is 19.1 Å². The molecule has 1 saturated heterocycles. The molecule has 0 saturated carbocycles. The van der Waals surface area contributed by atoms with E-state index < -0.39 is 17.8 Å². The van der Waals surface area contributed by atoms with Gasteiger partial charge in [-0.25, -0.2) is 4.39 Å². The van der Waals surface area contributed by atoms with E-state index in [0.717, 1.165) is 6.07 Å². The standard InChI is InChI=1S/C13H12FN3O3/c14-10-3-8(4-15)1-2-9(10)6-17-7-12(18)16-5-11(17)13(19)20/h1-3,11H,5-7H2,(H,16,18)(H,19,20). The Balaban J connectivity index is 2.20. The first kappa shape index (κ1) is 14.0. The van der Waals surface area contributed by atoms with Crippen LogP contribution in [-0.2, 0) is 16.1 Å². The Morgan fingerprint density at radius 3 is 2.95 bits per heavy atom. The van der Waals surface area contributed by atoms with Gasteiger partial charge in [-0.05, 0) is 12.1 Å². The van der Waals surface area contributed by atoms with Gasteiger partial charge in [-0.15, -0.1) is 0 Å². The number of hydrogen-bond acceptors (Lipinski definition) is 4. The molecule has 1 aliphatic heterocycles. The number of nitrogens with zero attached hydrogens (tertiary/aromatic N) is 2. The zero-order valence-corrected chi connectivity index (χ0v) is 10.5. The monoisotopic (exact) mass is 277 g/mol. The Labute approximate surface area is 114 Å². The number of rotatable bonds is 3. The van der Waals surface area contributed by atoms with E-state index in [1.54, 1.807) is 0 Å². The maximum absolute atomic E-state index is 13.8. The Hall–Kier alpha value is -2.46. The number of carboxylic acids is 1. The number of hydrogen-bond donors (Lipinski definition) is 2. The normalized spacial score (nSPS) is 19.2. The zero-order chi connectivity index (χ0) is 14.7. The highest BCUT2D eigenvalue weighted by Crippen LogP contribution is 2.15. The molecule has 2 rings (SSSR count). The molecule has 1 aromatic carbocycles. The largest absolute Gasteiger partial charge is 0.480 e. The van der Waals surface area contributed by atoms with Crippen molar-refractivity contribution in [2.45, 2.75) is 12.6 Å². The third kappa shape index (κ3) is 2.92. The molecule has 6 nitrogen and oxygen atoms in total. The lowest BCUT2D eigenvalue weighted by Gasteiger charge is -2.32. The molecule has 0 radical (unpaired) electrons. The zero-order valence-electron chi connectivity index (χ0n) is 10.5. The van der Waals surface area contributed by atoms with Crippen LogP contribution in [0.3, 0.4) is 0 Å². The van der Waals surface area contributed by atoms with Gasteiger partial charge in [0.25, 0.3) is 0 Å². The number of carbonyl (C=O) groups is 2. The van der Waals surface area contributed by atoms with E-state index in [4.69, 9.17) is 10.4 Å². The van der Waals surface area contributed by atoms with Crippen molar-refractivity contribution in [2.24, 2.45) is 0 Å². The highest BCUT2D eigenvalue weighted by molar-refractivity contribution is 5.83. The minimum Gasteiger partial charge on any atom is -0.480 e. The molecule has 2 N–H and O–H groups in total. The average Bonchev–Trinajstić information content (AvgIpc) is 2.40. The second-order valence-electron chi connectivity index (χ2n) is 4.48. The van der Waals surface area contributed by atoms with Crippen LogP contribution in [0.4, 0.5) is 4.39 Å². The molecule has 1 fully saturated rings. The minimum atomic E-state index is -1.07. The number of benzene rings is 1. The van der Waals surface area contributed by atoms with Gasteiger partial charge in [-0.2, -0.15) is 5.26 Å². The lowest BCUT2D eigenvalue weighted by molar-refractivity contribution is -0.146. The van der Waals surface area contributed by atoms with Crippen LogP contribution < -0.4 is 5.32 Å². The molecule has 0 aromatic heterocycles. The predicted molar refractivity (Wildman–Crippen MR) is 66.0 cm³/mol. The number of nitriles is 1. The van der Waals surface area contributed by atoms with Gasteiger partial charge < -0.3 is 10.4 Å². The summed E-state index contributed by atoms with van der Waals surface area (Å²) in [6, 6.07) is 4.91. The van der Waals surface area contributed by atoms with Crippen molar-refractivity contribution in [3.63, 3.8) is 0 Å². The summed E-state index contributed by atoms with van der Waals surface area (Å²) in [6.07, 6.45) is 0. The van der Waals surface area contributed by atoms with E-state index in [2.05, 4.69) is 5.32 Å². The van der Waals surface area contributed by atoms with Gasteiger partial charge in [0.1, 0.15) is 11.9 Å². The van der Waals surface area contributed by atoms with E-state index in [0.29, 0.717) is 0 Å². The van der Waals surface area contributed by atoms with Crippen molar-refractivity contribution in [3.05, 3.63) is 35.1 Å². The van der Waals surface area contributed by atoms with Crippen LogP contribution in [-0.4, -0.2) is 41.0 Å². The Kier molecular flexibility index (Phi) is 3.96. The molecule has 20 heavy (non-hydrogen) atoms. The third-order valence-corrected chi connectivity index (χ3v) is 3.12. The van der Waals surface area contributed by atoms with Crippen molar-refractivity contribution in [3.8, 4) is 6.07 Å². The van der Waals surface area contributed by atoms with Crippen LogP contribution in [0.25, 0.3) is 0 Å². The van der Waals surface area contributed by atoms with Crippen LogP contribution in [0.2, 0.25) is 0 Å². The maximum Gasteiger partial charge on any atom is 0.322 e. The maximum atomic E-state index is 13.8. The molecule has 0 spiro atoms. The Morgan fingerprint density at radius 1 is 1.60 bits per heavy atom. The van der Waals surface area contributed by atoms with Crippen molar-refractivity contribution >= 4 is 11.9 Å². The van der Waals surface area contributed by atoms with Gasteiger partial charge in [0.05, 0.1) is 18.2 Å². The fourth-order valence-corrected chi connectivity index (χ4v) is 2.06. The SMILES string of the molecule is N#Cc1ccc(CN2CC(=O)NCC2C(=O)O)c(F)c1. The summed E-state index contributed by atoms with van der Waals surface area (Å²) in [4.78, 5) is 23.8. The molecule has 0 aliphatic carbocycles. The molecule has 1 aliphatic rings. The molecule has 104 valence electrons. The first-order valence-electron chi connectivity index (χ1n) is 5.93. The van der Waals surface area contributed by atoms with E-state index in [-0.39, 0.29) is 36.7 Å². The quantitative estimate of drug-likeness (QED) is 0.816. The summed E-state index contributed by atoms with van der Waals surface area (Å²) in [5.41, 5.74) is 0.447. The number of piperazine rings is 1. The molecule has 1 atom stereocenters. The number of carboxylic acid groups (broad SMARTS) is 1. The lowest BCUT2D eigenvalue weighted by Crippen LogP contribution is -2.57. The van der Waals surface area contributed by atoms with E-state index >= 15 is 0 Å². The topological polar surface area (TPSA) is 93.4 Å². The molecular weight excluding hydrogens is 265 g/mol. The fraction of sp³-hybridized carbons (Fsp3) is 0.308. The smallest absolute Gasteiger partial charge is 0.322 e. The van der Waals surface area contributed by atoms with Crippen LogP contribution in [0, 0.1) is 17.1 Å². The lowest BCUT2D eigenvalue weighted by atomic mass is 10.1. The second kappa shape index (κ2) is 5.67. The number of nitrogens with one attached hydrogen (secondary N) is 1. The molecule has 7 heteroatoms. The summed E-state index contributed by atoms with van der Waals surface area (Å²) < 4.78 is 13.8. The van der Waals surface area contributed by atoms with Gasteiger partial charge in [-0.1, -0.05) is 6.07 Å². The summed E-state index contributed by atoms with van der Waals surface area (Å²) >= 11 is 0. The predicted octanol–water partition coefficient (Wildman–Crippen LogP) is 0.0824. The van der Waals surface area contributed by atoms with E-state index in [1.807, 2.05) is 6.07 Å². The highest BCUT2D eigenvalue weighted by atomic mass is 19.1. The minimum absolute atomic E-state index is 0.00191. The van der Waals surface area contributed by atoms with Crippen LogP contribution in [0.5, 0.6) is 0 Å². The first-order chi connectivity index (χ1) is 9.51. The highest BCUT2D eigenvalue weighted by Gasteiger charge is 2.32. The van der Waals surface area contributed by atoms with Crippen molar-refractivity contribution in [1.29, 1.82) is 5.26 Å². The van der Waals surface area contributed by atoms with Gasteiger partial charge in [0.2, 0.25) is 5.91 Å². The number of aliphatic carboxylic acids is 1. The summed E-state index contributed by atoms with van der Waals surface area (Å²) in [5, 5.41) is 20.2. The van der Waals surface area contributed by atoms with Gasteiger partial charge in [-0.3, -0.25) is 14.5 Å². The molecule has 1 heterocycles. The van der Waals surface area contributed by atoms with Crippen LogP contribution in [0.15, 0.2) is 18.2 Å². The van der Waals surface area contributed by atoms with Crippen molar-refractivity contribution in [2.75, 3.05) is 13.1 Å². The third-order valence-electron chi connectivity index (χ3n) is 3.12. The Morgan fingerprint density at radius 2 is 2.35 bits per heavy atom. The first-order valence-corrected chi connectivity index (χ1v) is 5.93. The van der Waals surface area contributed by atoms with Crippen LogP contribution in [0.1, 0.15) is 11.1 Å². The summed E-state index contributed by atoms with van der Waals surface area (Å²) in [5.74, 6) is -1.95. The number of amides is 1. The molecule has 1 unspecified atom stereocenters. The molecule has 0 bridgehead atoms. The van der Waals surface area contributed by atoms with Gasteiger partial charge in [0.15, 0.2) is 0 Å². The van der Waals surface area contributed by atoms with E-state index in [1.165, 1.54) is 17.0 Å².